The van der Waals surface area contributed by atoms with Crippen LogP contribution in [0, 0.1) is 5.41 Å². The van der Waals surface area contributed by atoms with Gasteiger partial charge in [-0.05, 0) is 19.3 Å². The molecule has 5 heteroatoms. The van der Waals surface area contributed by atoms with E-state index in [9.17, 15) is 4.79 Å². The third kappa shape index (κ3) is 1.52. The molecule has 1 spiro atoms. The van der Waals surface area contributed by atoms with Gasteiger partial charge in [-0.15, -0.1) is 0 Å². The highest BCUT2D eigenvalue weighted by Gasteiger charge is 2.51. The summed E-state index contributed by atoms with van der Waals surface area (Å²) in [6.45, 7) is 2.85. The maximum Gasteiger partial charge on any atom is 0.232 e. The molecule has 1 aromatic rings. The summed E-state index contributed by atoms with van der Waals surface area (Å²) in [5, 5.41) is 10.9. The average Bonchev–Trinajstić information content (AvgIpc) is 3.04. The monoisotopic (exact) mass is 234 g/mol. The van der Waals surface area contributed by atoms with E-state index in [1.807, 2.05) is 11.7 Å². The minimum absolute atomic E-state index is 0.150. The molecule has 2 N–H and O–H groups in total. The maximum absolute atomic E-state index is 12.1. The zero-order chi connectivity index (χ0) is 12.0. The second-order valence-electron chi connectivity index (χ2n) is 5.13. The number of fused-ring (bicyclic) bond motifs is 1. The molecule has 1 aliphatic heterocycles. The Morgan fingerprint density at radius 3 is 2.88 bits per heavy atom. The Labute approximate surface area is 101 Å². The Morgan fingerprint density at radius 2 is 2.24 bits per heavy atom. The molecule has 1 aromatic heterocycles. The number of rotatable bonds is 2. The van der Waals surface area contributed by atoms with Crippen LogP contribution in [-0.2, 0) is 18.3 Å². The van der Waals surface area contributed by atoms with E-state index in [2.05, 4.69) is 22.7 Å². The van der Waals surface area contributed by atoms with E-state index in [-0.39, 0.29) is 11.3 Å². The van der Waals surface area contributed by atoms with Crippen LogP contribution in [0.4, 0.5) is 11.5 Å². The Morgan fingerprint density at radius 1 is 1.47 bits per heavy atom. The highest BCUT2D eigenvalue weighted by atomic mass is 16.2. The zero-order valence-electron chi connectivity index (χ0n) is 10.3. The first-order valence-electron chi connectivity index (χ1n) is 6.27. The number of amides is 1. The Hall–Kier alpha value is -1.52. The van der Waals surface area contributed by atoms with Gasteiger partial charge in [-0.25, -0.2) is 0 Å². The second kappa shape index (κ2) is 3.48. The van der Waals surface area contributed by atoms with Gasteiger partial charge in [-0.3, -0.25) is 9.48 Å². The number of anilines is 2. The lowest BCUT2D eigenvalue weighted by Crippen LogP contribution is -2.27. The molecule has 0 saturated heterocycles. The lowest BCUT2D eigenvalue weighted by molar-refractivity contribution is -0.120. The lowest BCUT2D eigenvalue weighted by atomic mass is 10.1. The first-order valence-corrected chi connectivity index (χ1v) is 6.27. The molecule has 3 rings (SSSR count). The molecule has 1 saturated carbocycles. The van der Waals surface area contributed by atoms with Gasteiger partial charge in [-0.1, -0.05) is 13.3 Å². The quantitative estimate of drug-likeness (QED) is 0.815. The van der Waals surface area contributed by atoms with E-state index in [4.69, 9.17) is 0 Å². The van der Waals surface area contributed by atoms with Crippen molar-refractivity contribution in [2.24, 2.45) is 12.5 Å². The summed E-state index contributed by atoms with van der Waals surface area (Å²) < 4.78 is 1.84. The fourth-order valence-corrected chi connectivity index (χ4v) is 2.46. The fraction of sp³-hybridized carbons (Fsp3) is 0.667. The molecule has 2 aliphatic rings. The molecule has 1 fully saturated rings. The van der Waals surface area contributed by atoms with Crippen LogP contribution in [-0.4, -0.2) is 22.2 Å². The van der Waals surface area contributed by atoms with E-state index in [0.29, 0.717) is 0 Å². The summed E-state index contributed by atoms with van der Waals surface area (Å²) in [4.78, 5) is 12.1. The van der Waals surface area contributed by atoms with Crippen LogP contribution in [0.15, 0.2) is 0 Å². The molecule has 1 amide bonds. The highest BCUT2D eigenvalue weighted by molar-refractivity contribution is 6.01. The van der Waals surface area contributed by atoms with Gasteiger partial charge in [0.2, 0.25) is 5.91 Å². The van der Waals surface area contributed by atoms with Crippen molar-refractivity contribution in [3.05, 3.63) is 5.69 Å². The standard InChI is InChI=1S/C12H18N4O/c1-3-4-8-9-10(16(2)15-8)13-7-12(5-6-12)11(17)14-9/h13H,3-7H2,1-2H3,(H,14,17). The van der Waals surface area contributed by atoms with Crippen molar-refractivity contribution in [2.75, 3.05) is 17.2 Å². The van der Waals surface area contributed by atoms with Gasteiger partial charge in [0.25, 0.3) is 0 Å². The molecule has 92 valence electrons. The minimum atomic E-state index is -0.150. The third-order valence-corrected chi connectivity index (χ3v) is 3.77. The largest absolute Gasteiger partial charge is 0.367 e. The van der Waals surface area contributed by atoms with Gasteiger partial charge in [0.1, 0.15) is 11.5 Å². The topological polar surface area (TPSA) is 59.0 Å². The molecule has 0 unspecified atom stereocenters. The predicted octanol–water partition coefficient (Wildman–Crippen LogP) is 1.52. The van der Waals surface area contributed by atoms with E-state index in [1.54, 1.807) is 0 Å². The summed E-state index contributed by atoms with van der Waals surface area (Å²) in [6, 6.07) is 0. The molecule has 0 bridgehead atoms. The highest BCUT2D eigenvalue weighted by Crippen LogP contribution is 2.48. The van der Waals surface area contributed by atoms with E-state index in [1.165, 1.54) is 0 Å². The van der Waals surface area contributed by atoms with E-state index >= 15 is 0 Å². The fourth-order valence-electron chi connectivity index (χ4n) is 2.46. The van der Waals surface area contributed by atoms with Crippen molar-refractivity contribution in [1.29, 1.82) is 0 Å². The zero-order valence-corrected chi connectivity index (χ0v) is 10.3. The molecule has 5 nitrogen and oxygen atoms in total. The molecule has 1 aliphatic carbocycles. The summed E-state index contributed by atoms with van der Waals surface area (Å²) in [6.07, 6.45) is 3.93. The summed E-state index contributed by atoms with van der Waals surface area (Å²) in [7, 11) is 1.92. The van der Waals surface area contributed by atoms with Crippen molar-refractivity contribution in [3.63, 3.8) is 0 Å². The second-order valence-corrected chi connectivity index (χ2v) is 5.13. The number of aryl methyl sites for hydroxylation is 2. The molecule has 0 aromatic carbocycles. The first-order chi connectivity index (χ1) is 8.16. The maximum atomic E-state index is 12.1. The van der Waals surface area contributed by atoms with Crippen LogP contribution < -0.4 is 10.6 Å². The summed E-state index contributed by atoms with van der Waals surface area (Å²) in [5.41, 5.74) is 1.73. The normalized spacial score (nSPS) is 20.5. The Kier molecular flexibility index (Phi) is 2.18. The number of hydrogen-bond acceptors (Lipinski definition) is 3. The van der Waals surface area contributed by atoms with Gasteiger partial charge >= 0.3 is 0 Å². The number of nitrogens with one attached hydrogen (secondary N) is 2. The van der Waals surface area contributed by atoms with Crippen LogP contribution >= 0.6 is 0 Å². The molecular weight excluding hydrogens is 216 g/mol. The number of hydrogen-bond donors (Lipinski definition) is 2. The van der Waals surface area contributed by atoms with Crippen LogP contribution in [0.1, 0.15) is 31.9 Å². The van der Waals surface area contributed by atoms with Gasteiger partial charge in [0, 0.05) is 13.6 Å². The lowest BCUT2D eigenvalue weighted by Gasteiger charge is -2.10. The Bertz CT molecular complexity index is 473. The SMILES string of the molecule is CCCc1nn(C)c2c1NC(=O)C1(CC1)CN2. The molecule has 0 radical (unpaired) electrons. The number of carbonyl (C=O) groups is 1. The van der Waals surface area contributed by atoms with Gasteiger partial charge in [0.15, 0.2) is 0 Å². The number of aromatic nitrogens is 2. The molecular formula is C12H18N4O. The van der Waals surface area contributed by atoms with Crippen molar-refractivity contribution in [1.82, 2.24) is 9.78 Å². The van der Waals surface area contributed by atoms with Crippen molar-refractivity contribution in [2.45, 2.75) is 32.6 Å². The summed E-state index contributed by atoms with van der Waals surface area (Å²) in [5.74, 6) is 1.11. The average molecular weight is 234 g/mol. The van der Waals surface area contributed by atoms with E-state index < -0.39 is 0 Å². The van der Waals surface area contributed by atoms with Crippen molar-refractivity contribution < 1.29 is 4.79 Å². The van der Waals surface area contributed by atoms with Crippen molar-refractivity contribution >= 4 is 17.4 Å². The summed E-state index contributed by atoms with van der Waals surface area (Å²) >= 11 is 0. The molecule has 0 atom stereocenters. The van der Waals surface area contributed by atoms with Crippen LogP contribution in [0.2, 0.25) is 0 Å². The third-order valence-electron chi connectivity index (χ3n) is 3.77. The molecule has 2 heterocycles. The van der Waals surface area contributed by atoms with Gasteiger partial charge < -0.3 is 10.6 Å². The van der Waals surface area contributed by atoms with Crippen molar-refractivity contribution in [3.8, 4) is 0 Å². The Balaban J connectivity index is 1.98. The number of nitrogens with zero attached hydrogens (tertiary/aromatic N) is 2. The van der Waals surface area contributed by atoms with Crippen LogP contribution in [0.3, 0.4) is 0 Å². The van der Waals surface area contributed by atoms with Crippen LogP contribution in [0.25, 0.3) is 0 Å². The van der Waals surface area contributed by atoms with Gasteiger partial charge in [-0.2, -0.15) is 5.10 Å². The smallest absolute Gasteiger partial charge is 0.232 e. The predicted molar refractivity (Wildman–Crippen MR) is 66.0 cm³/mol. The number of carbonyl (C=O) groups excluding carboxylic acids is 1. The van der Waals surface area contributed by atoms with E-state index in [0.717, 1.165) is 49.4 Å². The van der Waals surface area contributed by atoms with Gasteiger partial charge in [0.05, 0.1) is 11.1 Å². The molecule has 17 heavy (non-hydrogen) atoms. The van der Waals surface area contributed by atoms with Crippen LogP contribution in [0.5, 0.6) is 0 Å². The minimum Gasteiger partial charge on any atom is -0.367 e. The first kappa shape index (κ1) is 10.6.